The van der Waals surface area contributed by atoms with E-state index in [4.69, 9.17) is 4.74 Å². The number of hydrogen-bond donors (Lipinski definition) is 0. The fourth-order valence-electron chi connectivity index (χ4n) is 4.06. The second kappa shape index (κ2) is 6.31. The predicted octanol–water partition coefficient (Wildman–Crippen LogP) is 5.06. The lowest BCUT2D eigenvalue weighted by atomic mass is 9.89. The summed E-state index contributed by atoms with van der Waals surface area (Å²) in [5, 5.41) is 0. The minimum atomic E-state index is -0.107. The van der Waals surface area contributed by atoms with Crippen LogP contribution in [0.3, 0.4) is 0 Å². The Morgan fingerprint density at radius 2 is 1.76 bits per heavy atom. The van der Waals surface area contributed by atoms with Crippen molar-refractivity contribution in [2.45, 2.75) is 51.9 Å². The van der Waals surface area contributed by atoms with Crippen molar-refractivity contribution in [3.63, 3.8) is 0 Å². The number of allylic oxidation sites excluding steroid dienone is 2. The Balaban J connectivity index is 1.73. The van der Waals surface area contributed by atoms with Gasteiger partial charge in [-0.1, -0.05) is 11.6 Å². The Morgan fingerprint density at radius 3 is 2.43 bits per heavy atom. The standard InChI is InChI=1S/C19H25FO/c1-13-9-18(20)10-14(2)19(13)17-4-3-16(12-17)11-15-5-7-21-8-6-15/h9-11,15,17H,3-8,12H2,1-2H3. The third kappa shape index (κ3) is 3.37. The molecular weight excluding hydrogens is 263 g/mol. The molecule has 0 amide bonds. The molecule has 3 rings (SSSR count). The summed E-state index contributed by atoms with van der Waals surface area (Å²) in [5.41, 5.74) is 5.22. The predicted molar refractivity (Wildman–Crippen MR) is 84.1 cm³/mol. The maximum absolute atomic E-state index is 13.5. The third-order valence-electron chi connectivity index (χ3n) is 5.03. The molecule has 1 atom stereocenters. The highest BCUT2D eigenvalue weighted by Crippen LogP contribution is 2.41. The van der Waals surface area contributed by atoms with Gasteiger partial charge in [-0.15, -0.1) is 0 Å². The van der Waals surface area contributed by atoms with Crippen molar-refractivity contribution < 1.29 is 9.13 Å². The molecule has 0 spiro atoms. The molecule has 2 aliphatic rings. The van der Waals surface area contributed by atoms with Gasteiger partial charge in [-0.05, 0) is 86.6 Å². The van der Waals surface area contributed by atoms with E-state index in [1.807, 2.05) is 13.8 Å². The Morgan fingerprint density at radius 1 is 1.10 bits per heavy atom. The van der Waals surface area contributed by atoms with E-state index in [9.17, 15) is 4.39 Å². The summed E-state index contributed by atoms with van der Waals surface area (Å²) in [7, 11) is 0. The molecule has 21 heavy (non-hydrogen) atoms. The van der Waals surface area contributed by atoms with Crippen LogP contribution in [0, 0.1) is 25.6 Å². The van der Waals surface area contributed by atoms with Crippen molar-refractivity contribution in [2.75, 3.05) is 13.2 Å². The lowest BCUT2D eigenvalue weighted by Crippen LogP contribution is -2.14. The van der Waals surface area contributed by atoms with Crippen LogP contribution in [-0.4, -0.2) is 13.2 Å². The van der Waals surface area contributed by atoms with Crippen LogP contribution in [0.1, 0.15) is 54.7 Å². The summed E-state index contributed by atoms with van der Waals surface area (Å²) in [6, 6.07) is 3.37. The first-order valence-corrected chi connectivity index (χ1v) is 8.17. The molecule has 0 bridgehead atoms. The zero-order chi connectivity index (χ0) is 14.8. The molecule has 1 nitrogen and oxygen atoms in total. The molecule has 0 N–H and O–H groups in total. The van der Waals surface area contributed by atoms with Gasteiger partial charge in [0, 0.05) is 13.2 Å². The first-order chi connectivity index (χ1) is 10.1. The zero-order valence-electron chi connectivity index (χ0n) is 13.1. The van der Waals surface area contributed by atoms with Crippen LogP contribution < -0.4 is 0 Å². The molecule has 1 saturated heterocycles. The summed E-state index contributed by atoms with van der Waals surface area (Å²) < 4.78 is 18.9. The highest BCUT2D eigenvalue weighted by Gasteiger charge is 2.25. The molecule has 1 aliphatic carbocycles. The topological polar surface area (TPSA) is 9.23 Å². The van der Waals surface area contributed by atoms with E-state index in [1.54, 1.807) is 17.7 Å². The summed E-state index contributed by atoms with van der Waals surface area (Å²) >= 11 is 0. The van der Waals surface area contributed by atoms with Gasteiger partial charge in [0.25, 0.3) is 0 Å². The van der Waals surface area contributed by atoms with Crippen LogP contribution in [0.4, 0.5) is 4.39 Å². The van der Waals surface area contributed by atoms with Crippen LogP contribution >= 0.6 is 0 Å². The fourth-order valence-corrected chi connectivity index (χ4v) is 4.06. The Bertz CT molecular complexity index is 517. The van der Waals surface area contributed by atoms with Gasteiger partial charge in [0.05, 0.1) is 0 Å². The smallest absolute Gasteiger partial charge is 0.123 e. The van der Waals surface area contributed by atoms with Crippen LogP contribution in [0.2, 0.25) is 0 Å². The van der Waals surface area contributed by atoms with Crippen molar-refractivity contribution in [1.82, 2.24) is 0 Å². The van der Waals surface area contributed by atoms with Crippen molar-refractivity contribution >= 4 is 0 Å². The number of halogens is 1. The maximum Gasteiger partial charge on any atom is 0.123 e. The first kappa shape index (κ1) is 14.8. The van der Waals surface area contributed by atoms with E-state index in [0.29, 0.717) is 11.8 Å². The minimum Gasteiger partial charge on any atom is -0.381 e. The fraction of sp³-hybridized carbons (Fsp3) is 0.579. The van der Waals surface area contributed by atoms with Gasteiger partial charge < -0.3 is 4.74 Å². The van der Waals surface area contributed by atoms with E-state index in [2.05, 4.69) is 6.08 Å². The number of ether oxygens (including phenoxy) is 1. The average Bonchev–Trinajstić information content (AvgIpc) is 2.87. The lowest BCUT2D eigenvalue weighted by Gasteiger charge is -2.20. The summed E-state index contributed by atoms with van der Waals surface area (Å²) in [6.07, 6.45) is 8.42. The molecule has 0 aromatic heterocycles. The molecule has 1 aromatic carbocycles. The molecule has 114 valence electrons. The molecule has 2 heteroatoms. The largest absolute Gasteiger partial charge is 0.381 e. The van der Waals surface area contributed by atoms with Crippen molar-refractivity contribution in [1.29, 1.82) is 0 Å². The monoisotopic (exact) mass is 288 g/mol. The second-order valence-corrected chi connectivity index (χ2v) is 6.67. The molecule has 1 saturated carbocycles. The summed E-state index contributed by atoms with van der Waals surface area (Å²) in [6.45, 7) is 5.92. The highest BCUT2D eigenvalue weighted by molar-refractivity contribution is 5.39. The third-order valence-corrected chi connectivity index (χ3v) is 5.03. The molecule has 1 heterocycles. The molecule has 2 fully saturated rings. The molecular formula is C19H25FO. The van der Waals surface area contributed by atoms with Crippen LogP contribution in [0.5, 0.6) is 0 Å². The van der Waals surface area contributed by atoms with Gasteiger partial charge in [-0.2, -0.15) is 0 Å². The van der Waals surface area contributed by atoms with Gasteiger partial charge >= 0.3 is 0 Å². The van der Waals surface area contributed by atoms with E-state index < -0.39 is 0 Å². The maximum atomic E-state index is 13.5. The normalized spacial score (nSPS) is 25.7. The van der Waals surface area contributed by atoms with Gasteiger partial charge in [0.1, 0.15) is 5.82 Å². The van der Waals surface area contributed by atoms with Gasteiger partial charge in [0.2, 0.25) is 0 Å². The highest BCUT2D eigenvalue weighted by atomic mass is 19.1. The van der Waals surface area contributed by atoms with E-state index in [0.717, 1.165) is 30.8 Å². The van der Waals surface area contributed by atoms with Crippen LogP contribution in [0.15, 0.2) is 23.8 Å². The van der Waals surface area contributed by atoms with Gasteiger partial charge in [-0.3, -0.25) is 0 Å². The van der Waals surface area contributed by atoms with Crippen LogP contribution in [0.25, 0.3) is 0 Å². The van der Waals surface area contributed by atoms with E-state index in [-0.39, 0.29) is 5.82 Å². The average molecular weight is 288 g/mol. The van der Waals surface area contributed by atoms with E-state index >= 15 is 0 Å². The molecule has 1 aromatic rings. The molecule has 1 aliphatic heterocycles. The number of rotatable bonds is 2. The Hall–Kier alpha value is -1.15. The van der Waals surface area contributed by atoms with E-state index in [1.165, 1.54) is 31.2 Å². The number of aryl methyl sites for hydroxylation is 2. The minimum absolute atomic E-state index is 0.107. The summed E-state index contributed by atoms with van der Waals surface area (Å²) in [5.74, 6) is 1.18. The van der Waals surface area contributed by atoms with Crippen molar-refractivity contribution in [2.24, 2.45) is 5.92 Å². The first-order valence-electron chi connectivity index (χ1n) is 8.17. The Kier molecular flexibility index (Phi) is 4.44. The quantitative estimate of drug-likeness (QED) is 0.691. The second-order valence-electron chi connectivity index (χ2n) is 6.67. The number of hydrogen-bond acceptors (Lipinski definition) is 1. The van der Waals surface area contributed by atoms with Crippen molar-refractivity contribution in [3.8, 4) is 0 Å². The molecule has 1 unspecified atom stereocenters. The van der Waals surface area contributed by atoms with Crippen LogP contribution in [-0.2, 0) is 4.74 Å². The Labute approximate surface area is 127 Å². The lowest BCUT2D eigenvalue weighted by molar-refractivity contribution is 0.0783. The van der Waals surface area contributed by atoms with Crippen molar-refractivity contribution in [3.05, 3.63) is 46.3 Å². The summed E-state index contributed by atoms with van der Waals surface area (Å²) in [4.78, 5) is 0. The van der Waals surface area contributed by atoms with Gasteiger partial charge in [-0.25, -0.2) is 4.39 Å². The molecule has 0 radical (unpaired) electrons. The zero-order valence-corrected chi connectivity index (χ0v) is 13.1. The van der Waals surface area contributed by atoms with Gasteiger partial charge in [0.15, 0.2) is 0 Å². The SMILES string of the molecule is Cc1cc(F)cc(C)c1C1CCC(=CC2CCOCC2)C1. The number of benzene rings is 1.